The van der Waals surface area contributed by atoms with Gasteiger partial charge in [-0.1, -0.05) is 6.07 Å². The van der Waals surface area contributed by atoms with Crippen LogP contribution in [0.3, 0.4) is 0 Å². The van der Waals surface area contributed by atoms with Gasteiger partial charge in [-0.2, -0.15) is 0 Å². The van der Waals surface area contributed by atoms with Crippen molar-refractivity contribution in [1.29, 1.82) is 0 Å². The van der Waals surface area contributed by atoms with Gasteiger partial charge >= 0.3 is 0 Å². The number of hydrogen-bond donors (Lipinski definition) is 1. The van der Waals surface area contributed by atoms with Crippen molar-refractivity contribution < 1.29 is 4.79 Å². The predicted octanol–water partition coefficient (Wildman–Crippen LogP) is 0.702. The molecule has 2 N–H and O–H groups in total. The first-order valence-electron chi connectivity index (χ1n) is 5.20. The van der Waals surface area contributed by atoms with Crippen molar-refractivity contribution in [2.45, 2.75) is 25.4 Å². The van der Waals surface area contributed by atoms with Gasteiger partial charge in [0.15, 0.2) is 0 Å². The van der Waals surface area contributed by atoms with Gasteiger partial charge in [-0.05, 0) is 19.1 Å². The number of likely N-dealkylation sites (N-methyl/N-ethyl adjacent to an activating group) is 1. The Hall–Kier alpha value is -1.42. The monoisotopic (exact) mass is 205 g/mol. The lowest BCUT2D eigenvalue weighted by Crippen LogP contribution is -2.33. The van der Waals surface area contributed by atoms with E-state index < -0.39 is 0 Å². The average molecular weight is 205 g/mol. The molecule has 1 aromatic rings. The zero-order chi connectivity index (χ0) is 10.8. The minimum absolute atomic E-state index is 0.0521. The van der Waals surface area contributed by atoms with Crippen molar-refractivity contribution in [3.63, 3.8) is 0 Å². The smallest absolute Gasteiger partial charge is 0.224 e. The van der Waals surface area contributed by atoms with Gasteiger partial charge in [-0.3, -0.25) is 9.78 Å². The first-order chi connectivity index (χ1) is 7.24. The Morgan fingerprint density at radius 2 is 2.40 bits per heavy atom. The van der Waals surface area contributed by atoms with Crippen LogP contribution in [0.15, 0.2) is 24.4 Å². The van der Waals surface area contributed by atoms with Crippen molar-refractivity contribution in [2.24, 2.45) is 5.73 Å². The highest BCUT2D eigenvalue weighted by Gasteiger charge is 2.38. The normalized spacial score (nSPS) is 26.0. The molecular formula is C11H15N3O. The van der Waals surface area contributed by atoms with Gasteiger partial charge in [-0.15, -0.1) is 0 Å². The molecule has 0 aromatic carbocycles. The van der Waals surface area contributed by atoms with Gasteiger partial charge in [-0.25, -0.2) is 0 Å². The molecule has 1 saturated heterocycles. The fourth-order valence-corrected chi connectivity index (χ4v) is 2.12. The number of likely N-dealkylation sites (tertiary alicyclic amines) is 1. The maximum Gasteiger partial charge on any atom is 0.224 e. The van der Waals surface area contributed by atoms with Gasteiger partial charge < -0.3 is 10.6 Å². The molecule has 0 aliphatic carbocycles. The molecule has 0 bridgehead atoms. The van der Waals surface area contributed by atoms with Gasteiger partial charge in [0.05, 0.1) is 11.7 Å². The van der Waals surface area contributed by atoms with Crippen molar-refractivity contribution in [2.75, 3.05) is 6.54 Å². The van der Waals surface area contributed by atoms with Crippen LogP contribution in [-0.4, -0.2) is 28.4 Å². The van der Waals surface area contributed by atoms with Crippen molar-refractivity contribution in [1.82, 2.24) is 9.88 Å². The molecule has 1 aliphatic heterocycles. The fraction of sp³-hybridized carbons (Fsp3) is 0.455. The average Bonchev–Trinajstić information content (AvgIpc) is 2.54. The molecule has 1 aliphatic rings. The van der Waals surface area contributed by atoms with Crippen LogP contribution in [0.1, 0.15) is 25.1 Å². The van der Waals surface area contributed by atoms with E-state index in [1.54, 1.807) is 11.1 Å². The molecule has 2 rings (SSSR count). The summed E-state index contributed by atoms with van der Waals surface area (Å²) in [4.78, 5) is 17.7. The van der Waals surface area contributed by atoms with E-state index in [2.05, 4.69) is 4.98 Å². The summed E-state index contributed by atoms with van der Waals surface area (Å²) in [6.45, 7) is 2.65. The molecule has 15 heavy (non-hydrogen) atoms. The molecular weight excluding hydrogens is 190 g/mol. The number of pyridine rings is 1. The zero-order valence-electron chi connectivity index (χ0n) is 8.76. The van der Waals surface area contributed by atoms with Crippen LogP contribution in [0, 0.1) is 0 Å². The van der Waals surface area contributed by atoms with Crippen LogP contribution in [0.5, 0.6) is 0 Å². The van der Waals surface area contributed by atoms with Crippen molar-refractivity contribution in [3.05, 3.63) is 30.1 Å². The molecule has 4 nitrogen and oxygen atoms in total. The van der Waals surface area contributed by atoms with Crippen molar-refractivity contribution in [3.8, 4) is 0 Å². The zero-order valence-corrected chi connectivity index (χ0v) is 8.76. The largest absolute Gasteiger partial charge is 0.333 e. The van der Waals surface area contributed by atoms with E-state index in [-0.39, 0.29) is 18.0 Å². The minimum Gasteiger partial charge on any atom is -0.333 e. The molecule has 2 atom stereocenters. The lowest BCUT2D eigenvalue weighted by Gasteiger charge is -2.24. The van der Waals surface area contributed by atoms with Gasteiger partial charge in [0.25, 0.3) is 0 Å². The maximum absolute atomic E-state index is 11.6. The number of nitrogens with two attached hydrogens (primary N) is 1. The number of carbonyl (C=O) groups excluding carboxylic acids is 1. The molecule has 4 heteroatoms. The molecule has 0 spiro atoms. The third-order valence-corrected chi connectivity index (χ3v) is 2.80. The number of amides is 1. The quantitative estimate of drug-likeness (QED) is 0.773. The van der Waals surface area contributed by atoms with E-state index in [1.165, 1.54) is 0 Å². The Balaban J connectivity index is 2.31. The summed E-state index contributed by atoms with van der Waals surface area (Å²) in [7, 11) is 0. The van der Waals surface area contributed by atoms with Crippen LogP contribution < -0.4 is 5.73 Å². The number of carbonyl (C=O) groups is 1. The second-order valence-corrected chi connectivity index (χ2v) is 3.75. The molecule has 80 valence electrons. The summed E-state index contributed by atoms with van der Waals surface area (Å²) in [6.07, 6.45) is 2.16. The van der Waals surface area contributed by atoms with E-state index in [4.69, 9.17) is 5.73 Å². The molecule has 1 fully saturated rings. The lowest BCUT2D eigenvalue weighted by atomic mass is 10.1. The first-order valence-corrected chi connectivity index (χ1v) is 5.20. The fourth-order valence-electron chi connectivity index (χ4n) is 2.12. The standard InChI is InChI=1S/C11H15N3O/c1-2-14-10(15)7-8(12)11(14)9-5-3-4-6-13-9/h3-6,8,11H,2,7,12H2,1H3/t8-,11-/m0/s1. The second-order valence-electron chi connectivity index (χ2n) is 3.75. The van der Waals surface area contributed by atoms with Crippen LogP contribution in [0.4, 0.5) is 0 Å². The second kappa shape index (κ2) is 3.98. The number of nitrogens with zero attached hydrogens (tertiary/aromatic N) is 2. The Labute approximate surface area is 89.1 Å². The topological polar surface area (TPSA) is 59.2 Å². The Bertz CT molecular complexity index is 352. The summed E-state index contributed by atoms with van der Waals surface area (Å²) < 4.78 is 0. The summed E-state index contributed by atoms with van der Waals surface area (Å²) in [6, 6.07) is 5.52. The molecule has 0 radical (unpaired) electrons. The summed E-state index contributed by atoms with van der Waals surface area (Å²) in [5, 5.41) is 0. The number of rotatable bonds is 2. The van der Waals surface area contributed by atoms with E-state index in [1.807, 2.05) is 25.1 Å². The van der Waals surface area contributed by atoms with E-state index in [0.29, 0.717) is 13.0 Å². The highest BCUT2D eigenvalue weighted by atomic mass is 16.2. The Kier molecular flexibility index (Phi) is 2.68. The summed E-state index contributed by atoms with van der Waals surface area (Å²) in [5.41, 5.74) is 6.85. The number of aromatic nitrogens is 1. The highest BCUT2D eigenvalue weighted by molar-refractivity contribution is 5.80. The van der Waals surface area contributed by atoms with E-state index in [0.717, 1.165) is 5.69 Å². The SMILES string of the molecule is CCN1C(=O)C[C@H](N)[C@H]1c1ccccn1. The number of hydrogen-bond acceptors (Lipinski definition) is 3. The van der Waals surface area contributed by atoms with Gasteiger partial charge in [0.1, 0.15) is 0 Å². The molecule has 0 unspecified atom stereocenters. The summed E-state index contributed by atoms with van der Waals surface area (Å²) >= 11 is 0. The molecule has 0 saturated carbocycles. The van der Waals surface area contributed by atoms with Crippen LogP contribution >= 0.6 is 0 Å². The summed E-state index contributed by atoms with van der Waals surface area (Å²) in [5.74, 6) is 0.126. The first kappa shape index (κ1) is 10.1. The Morgan fingerprint density at radius 1 is 1.60 bits per heavy atom. The van der Waals surface area contributed by atoms with E-state index in [9.17, 15) is 4.79 Å². The van der Waals surface area contributed by atoms with Gasteiger partial charge in [0, 0.05) is 25.2 Å². The maximum atomic E-state index is 11.6. The highest BCUT2D eigenvalue weighted by Crippen LogP contribution is 2.30. The molecule has 1 aromatic heterocycles. The Morgan fingerprint density at radius 3 is 3.00 bits per heavy atom. The minimum atomic E-state index is -0.132. The van der Waals surface area contributed by atoms with E-state index >= 15 is 0 Å². The molecule has 1 amide bonds. The van der Waals surface area contributed by atoms with Crippen LogP contribution in [0.2, 0.25) is 0 Å². The van der Waals surface area contributed by atoms with Crippen LogP contribution in [-0.2, 0) is 4.79 Å². The lowest BCUT2D eigenvalue weighted by molar-refractivity contribution is -0.128. The third kappa shape index (κ3) is 1.72. The third-order valence-electron chi connectivity index (χ3n) is 2.80. The van der Waals surface area contributed by atoms with Crippen LogP contribution in [0.25, 0.3) is 0 Å². The molecule has 2 heterocycles. The predicted molar refractivity (Wildman–Crippen MR) is 57.0 cm³/mol. The van der Waals surface area contributed by atoms with Gasteiger partial charge in [0.2, 0.25) is 5.91 Å². The van der Waals surface area contributed by atoms with Crippen molar-refractivity contribution >= 4 is 5.91 Å².